The summed E-state index contributed by atoms with van der Waals surface area (Å²) in [6.45, 7) is 6.42. The van der Waals surface area contributed by atoms with Crippen LogP contribution in [0.3, 0.4) is 0 Å². The Morgan fingerprint density at radius 1 is 1.35 bits per heavy atom. The van der Waals surface area contributed by atoms with Gasteiger partial charge >= 0.3 is 0 Å². The lowest BCUT2D eigenvalue weighted by Gasteiger charge is -2.21. The number of hydrogen-bond donors (Lipinski definition) is 1. The fourth-order valence-electron chi connectivity index (χ4n) is 2.33. The van der Waals surface area contributed by atoms with E-state index in [-0.39, 0.29) is 17.9 Å². The van der Waals surface area contributed by atoms with Gasteiger partial charge in [-0.2, -0.15) is 5.10 Å². The maximum absolute atomic E-state index is 12.2. The molecule has 6 heteroatoms. The van der Waals surface area contributed by atoms with E-state index in [0.29, 0.717) is 13.0 Å². The Bertz CT molecular complexity index is 652. The second-order valence-electron chi connectivity index (χ2n) is 5.90. The van der Waals surface area contributed by atoms with Gasteiger partial charge in [-0.3, -0.25) is 9.48 Å². The molecule has 0 saturated carbocycles. The summed E-state index contributed by atoms with van der Waals surface area (Å²) in [5, 5.41) is 7.09. The number of carbonyl (C=O) groups excluding carboxylic acids is 1. The van der Waals surface area contributed by atoms with Gasteiger partial charge in [-0.1, -0.05) is 32.0 Å². The highest BCUT2D eigenvalue weighted by Gasteiger charge is 2.22. The first-order valence-corrected chi connectivity index (χ1v) is 7.80. The van der Waals surface area contributed by atoms with Gasteiger partial charge in [0.15, 0.2) is 0 Å². The van der Waals surface area contributed by atoms with Gasteiger partial charge in [0.1, 0.15) is 17.9 Å². The van der Waals surface area contributed by atoms with E-state index >= 15 is 0 Å². The molecule has 0 bridgehead atoms. The molecule has 1 heterocycles. The average molecular weight is 316 g/mol. The van der Waals surface area contributed by atoms with Crippen molar-refractivity contribution in [3.8, 4) is 5.75 Å². The Hall–Kier alpha value is -2.37. The van der Waals surface area contributed by atoms with Crippen LogP contribution < -0.4 is 10.1 Å². The van der Waals surface area contributed by atoms with Crippen LogP contribution in [0.5, 0.6) is 5.75 Å². The number of hydrogen-bond acceptors (Lipinski definition) is 4. The number of aromatic nitrogens is 3. The third-order valence-electron chi connectivity index (χ3n) is 3.69. The number of nitrogens with one attached hydrogen (secondary N) is 1. The first-order chi connectivity index (χ1) is 11.0. The summed E-state index contributed by atoms with van der Waals surface area (Å²) >= 11 is 0. The molecule has 0 aliphatic carbocycles. The average Bonchev–Trinajstić information content (AvgIpc) is 2.92. The summed E-state index contributed by atoms with van der Waals surface area (Å²) in [5.74, 6) is 1.74. The minimum absolute atomic E-state index is 0.0553. The van der Waals surface area contributed by atoms with Crippen molar-refractivity contribution in [3.05, 3.63) is 42.0 Å². The first-order valence-electron chi connectivity index (χ1n) is 7.80. The summed E-state index contributed by atoms with van der Waals surface area (Å²) in [6, 6.07) is 7.62. The van der Waals surface area contributed by atoms with Gasteiger partial charge in [0.25, 0.3) is 0 Å². The Balaban J connectivity index is 1.88. The number of amides is 1. The molecule has 124 valence electrons. The number of rotatable bonds is 7. The largest absolute Gasteiger partial charge is 0.493 e. The molecule has 6 nitrogen and oxygen atoms in total. The van der Waals surface area contributed by atoms with Crippen molar-refractivity contribution in [1.29, 1.82) is 0 Å². The topological polar surface area (TPSA) is 69.0 Å². The van der Waals surface area contributed by atoms with E-state index in [4.69, 9.17) is 4.74 Å². The Morgan fingerprint density at radius 3 is 2.70 bits per heavy atom. The zero-order valence-corrected chi connectivity index (χ0v) is 14.1. The summed E-state index contributed by atoms with van der Waals surface area (Å²) in [4.78, 5) is 16.4. The third-order valence-corrected chi connectivity index (χ3v) is 3.69. The van der Waals surface area contributed by atoms with Crippen LogP contribution in [-0.4, -0.2) is 27.3 Å². The summed E-state index contributed by atoms with van der Waals surface area (Å²) < 4.78 is 7.36. The fraction of sp³-hybridized carbons (Fsp3) is 0.471. The molecule has 1 atom stereocenters. The summed E-state index contributed by atoms with van der Waals surface area (Å²) in [7, 11) is 1.82. The van der Waals surface area contributed by atoms with E-state index in [2.05, 4.69) is 15.4 Å². The van der Waals surface area contributed by atoms with Gasteiger partial charge in [-0.05, 0) is 24.5 Å². The zero-order valence-electron chi connectivity index (χ0n) is 14.1. The molecule has 0 fully saturated rings. The first kappa shape index (κ1) is 17.0. The number of para-hydroxylation sites is 1. The highest BCUT2D eigenvalue weighted by Crippen LogP contribution is 2.19. The molecule has 0 spiro atoms. The van der Waals surface area contributed by atoms with Crippen molar-refractivity contribution in [1.82, 2.24) is 20.1 Å². The van der Waals surface area contributed by atoms with Crippen LogP contribution in [0.4, 0.5) is 0 Å². The van der Waals surface area contributed by atoms with Crippen LogP contribution in [-0.2, 0) is 11.8 Å². The molecule has 0 unspecified atom stereocenters. The van der Waals surface area contributed by atoms with Crippen molar-refractivity contribution in [2.75, 3.05) is 6.61 Å². The molecule has 1 aromatic heterocycles. The van der Waals surface area contributed by atoms with E-state index in [0.717, 1.165) is 17.1 Å². The molecule has 0 aliphatic rings. The Labute approximate surface area is 136 Å². The highest BCUT2D eigenvalue weighted by atomic mass is 16.5. The van der Waals surface area contributed by atoms with Crippen LogP contribution >= 0.6 is 0 Å². The summed E-state index contributed by atoms with van der Waals surface area (Å²) in [6.07, 6.45) is 1.80. The molecule has 2 aromatic rings. The van der Waals surface area contributed by atoms with Crippen molar-refractivity contribution in [2.45, 2.75) is 33.2 Å². The number of carbonyl (C=O) groups is 1. The normalized spacial score (nSPS) is 12.2. The standard InChI is InChI=1S/C17H24N4O2/c1-12(2)16(17-18-11-19-21(17)4)20-15(22)9-10-23-14-8-6-5-7-13(14)3/h5-8,11-12,16H,9-10H2,1-4H3,(H,20,22)/t16-/m1/s1. The molecule has 0 radical (unpaired) electrons. The lowest BCUT2D eigenvalue weighted by atomic mass is 10.0. The molecule has 0 aliphatic heterocycles. The number of benzene rings is 1. The van der Waals surface area contributed by atoms with Gasteiger partial charge in [-0.25, -0.2) is 4.98 Å². The van der Waals surface area contributed by atoms with Crippen LogP contribution in [0.25, 0.3) is 0 Å². The van der Waals surface area contributed by atoms with Crippen LogP contribution in [0.15, 0.2) is 30.6 Å². The van der Waals surface area contributed by atoms with Gasteiger partial charge in [0.05, 0.1) is 19.1 Å². The minimum atomic E-state index is -0.159. The van der Waals surface area contributed by atoms with Crippen LogP contribution in [0.1, 0.15) is 37.7 Å². The Morgan fingerprint density at radius 2 is 2.09 bits per heavy atom. The predicted molar refractivity (Wildman–Crippen MR) is 88.0 cm³/mol. The highest BCUT2D eigenvalue weighted by molar-refractivity contribution is 5.76. The smallest absolute Gasteiger partial charge is 0.224 e. The molecule has 2 rings (SSSR count). The van der Waals surface area contributed by atoms with Gasteiger partial charge in [0, 0.05) is 7.05 Å². The lowest BCUT2D eigenvalue weighted by Crippen LogP contribution is -2.34. The second-order valence-corrected chi connectivity index (χ2v) is 5.90. The van der Waals surface area contributed by atoms with E-state index < -0.39 is 0 Å². The SMILES string of the molecule is Cc1ccccc1OCCC(=O)N[C@@H](c1ncnn1C)C(C)C. The Kier molecular flexibility index (Phi) is 5.73. The van der Waals surface area contributed by atoms with Crippen molar-refractivity contribution >= 4 is 5.91 Å². The molecular formula is C17H24N4O2. The van der Waals surface area contributed by atoms with Gasteiger partial charge < -0.3 is 10.1 Å². The quantitative estimate of drug-likeness (QED) is 0.851. The summed E-state index contributed by atoms with van der Waals surface area (Å²) in [5.41, 5.74) is 1.06. The third kappa shape index (κ3) is 4.55. The number of aryl methyl sites for hydroxylation is 2. The van der Waals surface area contributed by atoms with E-state index in [9.17, 15) is 4.79 Å². The van der Waals surface area contributed by atoms with Gasteiger partial charge in [0.2, 0.25) is 5.91 Å². The molecule has 1 aromatic carbocycles. The van der Waals surface area contributed by atoms with Crippen molar-refractivity contribution < 1.29 is 9.53 Å². The second kappa shape index (κ2) is 7.76. The van der Waals surface area contributed by atoms with Crippen LogP contribution in [0.2, 0.25) is 0 Å². The van der Waals surface area contributed by atoms with Crippen LogP contribution in [0, 0.1) is 12.8 Å². The monoisotopic (exact) mass is 316 g/mol. The maximum Gasteiger partial charge on any atom is 0.224 e. The molecule has 23 heavy (non-hydrogen) atoms. The fourth-order valence-corrected chi connectivity index (χ4v) is 2.33. The maximum atomic E-state index is 12.2. The minimum Gasteiger partial charge on any atom is -0.493 e. The van der Waals surface area contributed by atoms with E-state index in [1.54, 1.807) is 4.68 Å². The number of nitrogens with zero attached hydrogens (tertiary/aromatic N) is 3. The van der Waals surface area contributed by atoms with Crippen molar-refractivity contribution in [2.24, 2.45) is 13.0 Å². The molecule has 0 saturated heterocycles. The molecule has 1 amide bonds. The molecule has 1 N–H and O–H groups in total. The zero-order chi connectivity index (χ0) is 16.8. The van der Waals surface area contributed by atoms with Gasteiger partial charge in [-0.15, -0.1) is 0 Å². The lowest BCUT2D eigenvalue weighted by molar-refractivity contribution is -0.122. The molecular weight excluding hydrogens is 292 g/mol. The number of ether oxygens (including phenoxy) is 1. The van der Waals surface area contributed by atoms with Crippen molar-refractivity contribution in [3.63, 3.8) is 0 Å². The predicted octanol–water partition coefficient (Wildman–Crippen LogP) is 2.41. The van der Waals surface area contributed by atoms with E-state index in [1.165, 1.54) is 6.33 Å². The van der Waals surface area contributed by atoms with E-state index in [1.807, 2.05) is 52.1 Å².